The van der Waals surface area contributed by atoms with E-state index < -0.39 is 0 Å². The van der Waals surface area contributed by atoms with E-state index in [-0.39, 0.29) is 0 Å². The molecule has 0 bridgehead atoms. The van der Waals surface area contributed by atoms with E-state index in [4.69, 9.17) is 9.47 Å². The molecule has 4 heteroatoms. The second-order valence-corrected chi connectivity index (χ2v) is 4.97. The van der Waals surface area contributed by atoms with E-state index in [1.54, 1.807) is 0 Å². The minimum absolute atomic E-state index is 0.566. The lowest BCUT2D eigenvalue weighted by Crippen LogP contribution is -2.15. The first kappa shape index (κ1) is 14.3. The third kappa shape index (κ3) is 6.03. The minimum atomic E-state index is 0.566. The standard InChI is InChI=1S/C15H24N2O2/c1-2-3-8-18-9-10-19-15-7-4-13(12-17-15)11-16-14-5-6-14/h4,7,12,14,16H,2-3,5-6,8-11H2,1H3. The summed E-state index contributed by atoms with van der Waals surface area (Å²) in [6.07, 6.45) is 6.78. The number of aromatic nitrogens is 1. The molecule has 1 aliphatic rings. The van der Waals surface area contributed by atoms with Crippen LogP contribution in [0.3, 0.4) is 0 Å². The van der Waals surface area contributed by atoms with Gasteiger partial charge in [-0.1, -0.05) is 19.4 Å². The molecule has 0 atom stereocenters. The van der Waals surface area contributed by atoms with Gasteiger partial charge in [-0.05, 0) is 24.8 Å². The lowest BCUT2D eigenvalue weighted by molar-refractivity contribution is 0.0965. The van der Waals surface area contributed by atoms with Crippen LogP contribution in [0.4, 0.5) is 0 Å². The molecule has 0 saturated heterocycles. The Balaban J connectivity index is 1.58. The Hall–Kier alpha value is -1.13. The van der Waals surface area contributed by atoms with Crippen LogP contribution in [0.25, 0.3) is 0 Å². The predicted octanol–water partition coefficient (Wildman–Crippen LogP) is 2.53. The normalized spacial score (nSPS) is 14.6. The molecule has 4 nitrogen and oxygen atoms in total. The Bertz CT molecular complexity index is 350. The van der Waals surface area contributed by atoms with Crippen LogP contribution in [-0.2, 0) is 11.3 Å². The smallest absolute Gasteiger partial charge is 0.213 e. The topological polar surface area (TPSA) is 43.4 Å². The Morgan fingerprint density at radius 1 is 1.26 bits per heavy atom. The molecule has 19 heavy (non-hydrogen) atoms. The highest BCUT2D eigenvalue weighted by Crippen LogP contribution is 2.19. The maximum Gasteiger partial charge on any atom is 0.213 e. The number of unbranched alkanes of at least 4 members (excludes halogenated alkanes) is 1. The van der Waals surface area contributed by atoms with Crippen molar-refractivity contribution in [1.82, 2.24) is 10.3 Å². The van der Waals surface area contributed by atoms with E-state index in [1.807, 2.05) is 12.3 Å². The fraction of sp³-hybridized carbons (Fsp3) is 0.667. The van der Waals surface area contributed by atoms with Gasteiger partial charge in [-0.2, -0.15) is 0 Å². The summed E-state index contributed by atoms with van der Waals surface area (Å²) in [6, 6.07) is 4.72. The predicted molar refractivity (Wildman–Crippen MR) is 75.3 cm³/mol. The zero-order valence-corrected chi connectivity index (χ0v) is 11.7. The highest BCUT2D eigenvalue weighted by molar-refractivity contribution is 5.17. The summed E-state index contributed by atoms with van der Waals surface area (Å²) < 4.78 is 11.0. The summed E-state index contributed by atoms with van der Waals surface area (Å²) in [7, 11) is 0. The average molecular weight is 264 g/mol. The van der Waals surface area contributed by atoms with Crippen molar-refractivity contribution in [3.05, 3.63) is 23.9 Å². The zero-order chi connectivity index (χ0) is 13.3. The first-order valence-electron chi connectivity index (χ1n) is 7.27. The third-order valence-electron chi connectivity index (χ3n) is 3.09. The SMILES string of the molecule is CCCCOCCOc1ccc(CNC2CC2)cn1. The van der Waals surface area contributed by atoms with Crippen molar-refractivity contribution in [3.63, 3.8) is 0 Å². The molecule has 1 fully saturated rings. The van der Waals surface area contributed by atoms with Gasteiger partial charge in [0.1, 0.15) is 6.61 Å². The maximum atomic E-state index is 5.52. The molecule has 0 aliphatic heterocycles. The molecule has 0 spiro atoms. The Kier molecular flexibility index (Phi) is 6.11. The molecule has 1 aromatic heterocycles. The quantitative estimate of drug-likeness (QED) is 0.659. The highest BCUT2D eigenvalue weighted by atomic mass is 16.5. The second kappa shape index (κ2) is 8.12. The van der Waals surface area contributed by atoms with Crippen LogP contribution in [0.1, 0.15) is 38.2 Å². The van der Waals surface area contributed by atoms with Crippen LogP contribution < -0.4 is 10.1 Å². The summed E-state index contributed by atoms with van der Waals surface area (Å²) >= 11 is 0. The molecule has 0 unspecified atom stereocenters. The first-order valence-corrected chi connectivity index (χ1v) is 7.27. The van der Waals surface area contributed by atoms with Gasteiger partial charge < -0.3 is 14.8 Å². The maximum absolute atomic E-state index is 5.52. The lowest BCUT2D eigenvalue weighted by Gasteiger charge is -2.07. The molecular formula is C15H24N2O2. The highest BCUT2D eigenvalue weighted by Gasteiger charge is 2.19. The minimum Gasteiger partial charge on any atom is -0.475 e. The van der Waals surface area contributed by atoms with E-state index in [0.29, 0.717) is 19.1 Å². The Labute approximate surface area is 115 Å². The van der Waals surface area contributed by atoms with Crippen molar-refractivity contribution in [2.45, 2.75) is 45.2 Å². The van der Waals surface area contributed by atoms with Crippen LogP contribution in [0.15, 0.2) is 18.3 Å². The molecule has 1 N–H and O–H groups in total. The van der Waals surface area contributed by atoms with E-state index >= 15 is 0 Å². The average Bonchev–Trinajstić information content (AvgIpc) is 3.26. The van der Waals surface area contributed by atoms with Crippen LogP contribution in [0.5, 0.6) is 5.88 Å². The van der Waals surface area contributed by atoms with Crippen molar-refractivity contribution < 1.29 is 9.47 Å². The van der Waals surface area contributed by atoms with Gasteiger partial charge in [0.25, 0.3) is 0 Å². The van der Waals surface area contributed by atoms with Crippen LogP contribution in [0.2, 0.25) is 0 Å². The van der Waals surface area contributed by atoms with Gasteiger partial charge in [0.15, 0.2) is 0 Å². The molecule has 1 aliphatic carbocycles. The molecule has 106 valence electrons. The van der Waals surface area contributed by atoms with Crippen molar-refractivity contribution in [2.24, 2.45) is 0 Å². The molecule has 0 radical (unpaired) electrons. The van der Waals surface area contributed by atoms with Gasteiger partial charge in [0.2, 0.25) is 5.88 Å². The van der Waals surface area contributed by atoms with Crippen molar-refractivity contribution >= 4 is 0 Å². The van der Waals surface area contributed by atoms with E-state index in [2.05, 4.69) is 23.3 Å². The molecule has 0 amide bonds. The van der Waals surface area contributed by atoms with Crippen LogP contribution in [0, 0.1) is 0 Å². The fourth-order valence-corrected chi connectivity index (χ4v) is 1.70. The number of hydrogen-bond donors (Lipinski definition) is 1. The van der Waals surface area contributed by atoms with Gasteiger partial charge in [-0.15, -0.1) is 0 Å². The molecule has 0 aromatic carbocycles. The van der Waals surface area contributed by atoms with E-state index in [0.717, 1.165) is 25.6 Å². The van der Waals surface area contributed by atoms with Crippen LogP contribution in [-0.4, -0.2) is 30.8 Å². The van der Waals surface area contributed by atoms with E-state index in [1.165, 1.54) is 24.8 Å². The number of ether oxygens (including phenoxy) is 2. The van der Waals surface area contributed by atoms with Crippen molar-refractivity contribution in [1.29, 1.82) is 0 Å². The Morgan fingerprint density at radius 2 is 2.16 bits per heavy atom. The molecule has 1 saturated carbocycles. The second-order valence-electron chi connectivity index (χ2n) is 4.97. The lowest BCUT2D eigenvalue weighted by atomic mass is 10.3. The number of rotatable bonds is 10. The summed E-state index contributed by atoms with van der Waals surface area (Å²) in [6.45, 7) is 5.07. The van der Waals surface area contributed by atoms with Gasteiger partial charge in [0, 0.05) is 31.5 Å². The molecule has 1 aromatic rings. The van der Waals surface area contributed by atoms with Gasteiger partial charge in [0.05, 0.1) is 6.61 Å². The van der Waals surface area contributed by atoms with Crippen molar-refractivity contribution in [2.75, 3.05) is 19.8 Å². The zero-order valence-electron chi connectivity index (χ0n) is 11.7. The summed E-state index contributed by atoms with van der Waals surface area (Å²) in [4.78, 5) is 4.29. The monoisotopic (exact) mass is 264 g/mol. The van der Waals surface area contributed by atoms with Gasteiger partial charge in [-0.25, -0.2) is 4.98 Å². The number of nitrogens with zero attached hydrogens (tertiary/aromatic N) is 1. The molecular weight excluding hydrogens is 240 g/mol. The third-order valence-corrected chi connectivity index (χ3v) is 3.09. The summed E-state index contributed by atoms with van der Waals surface area (Å²) in [5.74, 6) is 0.675. The summed E-state index contributed by atoms with van der Waals surface area (Å²) in [5, 5.41) is 3.46. The number of nitrogens with one attached hydrogen (secondary N) is 1. The van der Waals surface area contributed by atoms with Crippen molar-refractivity contribution in [3.8, 4) is 5.88 Å². The largest absolute Gasteiger partial charge is 0.475 e. The Morgan fingerprint density at radius 3 is 2.84 bits per heavy atom. The van der Waals surface area contributed by atoms with Crippen LogP contribution >= 0.6 is 0 Å². The number of hydrogen-bond acceptors (Lipinski definition) is 4. The first-order chi connectivity index (χ1) is 9.38. The molecule has 1 heterocycles. The van der Waals surface area contributed by atoms with Gasteiger partial charge in [-0.3, -0.25) is 0 Å². The fourth-order valence-electron chi connectivity index (χ4n) is 1.70. The number of pyridine rings is 1. The summed E-state index contributed by atoms with van der Waals surface area (Å²) in [5.41, 5.74) is 1.21. The van der Waals surface area contributed by atoms with Gasteiger partial charge >= 0.3 is 0 Å². The van der Waals surface area contributed by atoms with E-state index in [9.17, 15) is 0 Å². The molecule has 2 rings (SSSR count).